The van der Waals surface area contributed by atoms with Crippen molar-refractivity contribution < 1.29 is 9.53 Å². The van der Waals surface area contributed by atoms with E-state index in [9.17, 15) is 4.79 Å². The molecule has 0 radical (unpaired) electrons. The average Bonchev–Trinajstić information content (AvgIpc) is 3.16. The summed E-state index contributed by atoms with van der Waals surface area (Å²) in [6.45, 7) is 9.98. The van der Waals surface area contributed by atoms with Crippen molar-refractivity contribution in [2.24, 2.45) is 5.92 Å². The van der Waals surface area contributed by atoms with Gasteiger partial charge in [0.15, 0.2) is 0 Å². The smallest absolute Gasteiger partial charge is 0.314 e. The van der Waals surface area contributed by atoms with Crippen molar-refractivity contribution in [2.45, 2.75) is 58.5 Å². The fourth-order valence-electron chi connectivity index (χ4n) is 3.36. The number of halogens is 1. The fraction of sp³-hybridized carbons (Fsp3) is 0.632. The largest absolute Gasteiger partial charge is 0.464 e. The quantitative estimate of drug-likeness (QED) is 0.481. The maximum atomic E-state index is 12.7. The first-order chi connectivity index (χ1) is 11.0. The van der Waals surface area contributed by atoms with E-state index < -0.39 is 0 Å². The summed E-state index contributed by atoms with van der Waals surface area (Å²) < 4.78 is 5.66. The average molecular weight is 372 g/mol. The van der Waals surface area contributed by atoms with Gasteiger partial charge >= 0.3 is 5.97 Å². The van der Waals surface area contributed by atoms with Crippen LogP contribution in [0.5, 0.6) is 0 Å². The summed E-state index contributed by atoms with van der Waals surface area (Å²) >= 11 is 1.65. The Morgan fingerprint density at radius 2 is 2.04 bits per heavy atom. The lowest BCUT2D eigenvalue weighted by Gasteiger charge is -2.30. The molecule has 0 aromatic carbocycles. The lowest BCUT2D eigenvalue weighted by atomic mass is 9.90. The highest BCUT2D eigenvalue weighted by Crippen LogP contribution is 2.36. The van der Waals surface area contributed by atoms with Gasteiger partial charge in [0.2, 0.25) is 0 Å². The lowest BCUT2D eigenvalue weighted by Crippen LogP contribution is -2.40. The number of allylic oxidation sites excluding steroid dienone is 2. The zero-order valence-electron chi connectivity index (χ0n) is 15.1. The van der Waals surface area contributed by atoms with Crippen molar-refractivity contribution >= 4 is 29.7 Å². The Labute approximate surface area is 156 Å². The standard InChI is InChI=1S/C19H29NO2S.ClH/c1-14(2)20(15(3)4)11-12-22-19(21)18(16-8-5-6-9-16)17-10-7-13-23-17;/h5,7-8,10,13-16,18H,6,9,11-12H2,1-4H3;1H. The fourth-order valence-corrected chi connectivity index (χ4v) is 4.25. The molecule has 5 heteroatoms. The number of ether oxygens (including phenoxy) is 1. The maximum Gasteiger partial charge on any atom is 0.314 e. The SMILES string of the molecule is CC(C)N(CCOC(=O)C(c1cccs1)C1C=CCC1)C(C)C.Cl. The van der Waals surface area contributed by atoms with E-state index in [0.717, 1.165) is 24.3 Å². The van der Waals surface area contributed by atoms with Gasteiger partial charge in [-0.25, -0.2) is 0 Å². The second-order valence-electron chi connectivity index (χ2n) is 6.76. The Kier molecular flexibility index (Phi) is 9.03. The van der Waals surface area contributed by atoms with Gasteiger partial charge in [-0.1, -0.05) is 18.2 Å². The molecule has 136 valence electrons. The number of hydrogen-bond donors (Lipinski definition) is 0. The van der Waals surface area contributed by atoms with Crippen LogP contribution in [0, 0.1) is 5.92 Å². The first-order valence-corrected chi connectivity index (χ1v) is 9.51. The van der Waals surface area contributed by atoms with E-state index in [-0.39, 0.29) is 30.2 Å². The van der Waals surface area contributed by atoms with Gasteiger partial charge in [-0.05, 0) is 57.9 Å². The molecule has 24 heavy (non-hydrogen) atoms. The van der Waals surface area contributed by atoms with Gasteiger partial charge in [0.05, 0.1) is 5.92 Å². The van der Waals surface area contributed by atoms with Crippen LogP contribution in [0.25, 0.3) is 0 Å². The van der Waals surface area contributed by atoms with Gasteiger partial charge < -0.3 is 4.74 Å². The molecular formula is C19H30ClNO2S. The van der Waals surface area contributed by atoms with E-state index >= 15 is 0 Å². The van der Waals surface area contributed by atoms with Crippen LogP contribution in [0.3, 0.4) is 0 Å². The van der Waals surface area contributed by atoms with Crippen LogP contribution >= 0.6 is 23.7 Å². The summed E-state index contributed by atoms with van der Waals surface area (Å²) in [6.07, 6.45) is 6.47. The molecule has 2 unspecified atom stereocenters. The van der Waals surface area contributed by atoms with Gasteiger partial charge in [-0.3, -0.25) is 9.69 Å². The molecule has 1 aromatic heterocycles. The molecule has 0 N–H and O–H groups in total. The summed E-state index contributed by atoms with van der Waals surface area (Å²) in [4.78, 5) is 16.2. The number of thiophene rings is 1. The van der Waals surface area contributed by atoms with E-state index in [4.69, 9.17) is 4.74 Å². The molecule has 0 spiro atoms. The molecule has 0 saturated carbocycles. The Bertz CT molecular complexity index is 505. The third kappa shape index (κ3) is 5.61. The highest BCUT2D eigenvalue weighted by molar-refractivity contribution is 7.10. The first-order valence-electron chi connectivity index (χ1n) is 8.63. The highest BCUT2D eigenvalue weighted by atomic mass is 35.5. The molecule has 1 aromatic rings. The molecule has 0 aliphatic heterocycles. The minimum absolute atomic E-state index is 0. The summed E-state index contributed by atoms with van der Waals surface area (Å²) in [5.41, 5.74) is 0. The summed E-state index contributed by atoms with van der Waals surface area (Å²) in [5, 5.41) is 2.04. The van der Waals surface area contributed by atoms with E-state index in [2.05, 4.69) is 50.8 Å². The number of esters is 1. The van der Waals surface area contributed by atoms with E-state index in [1.807, 2.05) is 11.4 Å². The Balaban J connectivity index is 0.00000288. The van der Waals surface area contributed by atoms with Gasteiger partial charge in [0, 0.05) is 23.5 Å². The Hall–Kier alpha value is -0.840. The van der Waals surface area contributed by atoms with Crippen LogP contribution < -0.4 is 0 Å². The minimum atomic E-state index is -0.139. The van der Waals surface area contributed by atoms with Crippen LogP contribution in [-0.2, 0) is 9.53 Å². The van der Waals surface area contributed by atoms with Crippen LogP contribution in [0.2, 0.25) is 0 Å². The number of nitrogens with zero attached hydrogens (tertiary/aromatic N) is 1. The van der Waals surface area contributed by atoms with Gasteiger partial charge in [0.1, 0.15) is 6.61 Å². The lowest BCUT2D eigenvalue weighted by molar-refractivity contribution is -0.147. The molecular weight excluding hydrogens is 342 g/mol. The normalized spacial score (nSPS) is 18.2. The van der Waals surface area contributed by atoms with Crippen LogP contribution in [0.1, 0.15) is 51.3 Å². The van der Waals surface area contributed by atoms with Crippen molar-refractivity contribution in [1.82, 2.24) is 4.90 Å². The summed E-state index contributed by atoms with van der Waals surface area (Å²) in [7, 11) is 0. The van der Waals surface area contributed by atoms with Gasteiger partial charge in [-0.2, -0.15) is 0 Å². The molecule has 3 nitrogen and oxygen atoms in total. The third-order valence-electron chi connectivity index (χ3n) is 4.50. The zero-order chi connectivity index (χ0) is 16.8. The molecule has 1 heterocycles. The topological polar surface area (TPSA) is 29.5 Å². The minimum Gasteiger partial charge on any atom is -0.464 e. The third-order valence-corrected chi connectivity index (χ3v) is 5.46. The monoisotopic (exact) mass is 371 g/mol. The van der Waals surface area contributed by atoms with Crippen LogP contribution in [0.15, 0.2) is 29.7 Å². The van der Waals surface area contributed by atoms with E-state index in [0.29, 0.717) is 18.7 Å². The van der Waals surface area contributed by atoms with E-state index in [1.54, 1.807) is 11.3 Å². The number of rotatable bonds is 8. The van der Waals surface area contributed by atoms with Crippen molar-refractivity contribution in [3.63, 3.8) is 0 Å². The predicted molar refractivity (Wildman–Crippen MR) is 104 cm³/mol. The van der Waals surface area contributed by atoms with Crippen LogP contribution in [-0.4, -0.2) is 36.1 Å². The zero-order valence-corrected chi connectivity index (χ0v) is 16.7. The highest BCUT2D eigenvalue weighted by Gasteiger charge is 2.31. The number of carbonyl (C=O) groups is 1. The first kappa shape index (κ1) is 21.2. The number of hydrogen-bond acceptors (Lipinski definition) is 4. The molecule has 1 aliphatic rings. The molecule has 0 fully saturated rings. The molecule has 2 rings (SSSR count). The second-order valence-corrected chi connectivity index (χ2v) is 7.73. The van der Waals surface area contributed by atoms with Gasteiger partial charge in [0.25, 0.3) is 0 Å². The Morgan fingerprint density at radius 3 is 2.54 bits per heavy atom. The summed E-state index contributed by atoms with van der Waals surface area (Å²) in [6, 6.07) is 4.98. The molecule has 1 aliphatic carbocycles. The second kappa shape index (κ2) is 10.2. The summed E-state index contributed by atoms with van der Waals surface area (Å²) in [5.74, 6) is 0.0733. The molecule has 0 amide bonds. The van der Waals surface area contributed by atoms with Crippen molar-refractivity contribution in [2.75, 3.05) is 13.2 Å². The molecule has 0 saturated heterocycles. The van der Waals surface area contributed by atoms with Crippen molar-refractivity contribution in [3.05, 3.63) is 34.5 Å². The predicted octanol–water partition coefficient (Wildman–Crippen LogP) is 4.88. The van der Waals surface area contributed by atoms with Crippen molar-refractivity contribution in [3.8, 4) is 0 Å². The van der Waals surface area contributed by atoms with E-state index in [1.165, 1.54) is 0 Å². The molecule has 2 atom stereocenters. The maximum absolute atomic E-state index is 12.7. The van der Waals surface area contributed by atoms with Crippen molar-refractivity contribution in [1.29, 1.82) is 0 Å². The van der Waals surface area contributed by atoms with Crippen LogP contribution in [0.4, 0.5) is 0 Å². The Morgan fingerprint density at radius 1 is 1.33 bits per heavy atom. The molecule has 0 bridgehead atoms. The van der Waals surface area contributed by atoms with Gasteiger partial charge in [-0.15, -0.1) is 23.7 Å². The number of carbonyl (C=O) groups excluding carboxylic acids is 1.